The molecule has 0 radical (unpaired) electrons. The molecule has 1 saturated carbocycles. The minimum atomic E-state index is -0.807. The van der Waals surface area contributed by atoms with Gasteiger partial charge < -0.3 is 15.2 Å². The highest BCUT2D eigenvalue weighted by atomic mass is 79.9. The average molecular weight is 551 g/mol. The summed E-state index contributed by atoms with van der Waals surface area (Å²) < 4.78 is 17.8. The highest BCUT2D eigenvalue weighted by Gasteiger charge is 2.54. The number of aromatic nitrogens is 1. The van der Waals surface area contributed by atoms with E-state index in [4.69, 9.17) is 4.74 Å². The van der Waals surface area contributed by atoms with E-state index in [1.54, 1.807) is 18.3 Å². The fourth-order valence-corrected chi connectivity index (χ4v) is 5.15. The Labute approximate surface area is 208 Å². The highest BCUT2D eigenvalue weighted by Crippen LogP contribution is 2.54. The number of halogens is 2. The number of nitrogens with zero attached hydrogens (tertiary/aromatic N) is 3. The van der Waals surface area contributed by atoms with Gasteiger partial charge in [0.2, 0.25) is 0 Å². The van der Waals surface area contributed by atoms with E-state index in [1.807, 2.05) is 10.3 Å². The van der Waals surface area contributed by atoms with Gasteiger partial charge in [0.05, 0.1) is 19.2 Å². The number of methoxy groups -OCH3 is 1. The molecule has 0 amide bonds. The number of amidine groups is 1. The van der Waals surface area contributed by atoms with Crippen molar-refractivity contribution in [2.45, 2.75) is 25.3 Å². The molecule has 2 fully saturated rings. The van der Waals surface area contributed by atoms with E-state index in [2.05, 4.69) is 31.2 Å². The van der Waals surface area contributed by atoms with Gasteiger partial charge >= 0.3 is 11.9 Å². The largest absolute Gasteiger partial charge is 0.480 e. The lowest BCUT2D eigenvalue weighted by atomic mass is 10.0. The smallest absolute Gasteiger partial charge is 0.337 e. The van der Waals surface area contributed by atoms with Gasteiger partial charge in [-0.05, 0) is 42.9 Å². The molecule has 1 atom stereocenters. The standard InChI is InChI=1S/C17H20N4O4S.C6H4BrF/c1-25-16(24)10-7-19-13(14-18-4-5-26-14)20-11(10)8-21-9-17(2-3-17)6-12(21)15(22)23;7-5-2-1-3-6(8)4-5/h4-5,12H,2-3,6-9H2,1H3,(H,19,20)(H,22,23);1-4H. The van der Waals surface area contributed by atoms with Crippen LogP contribution in [-0.4, -0.2) is 65.6 Å². The minimum Gasteiger partial charge on any atom is -0.480 e. The van der Waals surface area contributed by atoms with Crippen LogP contribution in [0.4, 0.5) is 4.39 Å². The quantitative estimate of drug-likeness (QED) is 0.549. The van der Waals surface area contributed by atoms with Crippen molar-refractivity contribution in [3.8, 4) is 0 Å². The van der Waals surface area contributed by atoms with Crippen molar-refractivity contribution < 1.29 is 23.8 Å². The first-order valence-corrected chi connectivity index (χ1v) is 12.4. The molecule has 8 nitrogen and oxygen atoms in total. The summed E-state index contributed by atoms with van der Waals surface area (Å²) in [6, 6.07) is 5.74. The summed E-state index contributed by atoms with van der Waals surface area (Å²) in [4.78, 5) is 34.5. The molecule has 2 aliphatic heterocycles. The maximum Gasteiger partial charge on any atom is 0.337 e. The van der Waals surface area contributed by atoms with Crippen LogP contribution in [0.3, 0.4) is 0 Å². The van der Waals surface area contributed by atoms with Gasteiger partial charge in [-0.1, -0.05) is 22.0 Å². The Morgan fingerprint density at radius 3 is 2.76 bits per heavy atom. The lowest BCUT2D eigenvalue weighted by Crippen LogP contribution is -2.42. The second-order valence-electron chi connectivity index (χ2n) is 8.48. The number of ether oxygens (including phenoxy) is 1. The van der Waals surface area contributed by atoms with Crippen LogP contribution in [0.1, 0.15) is 24.3 Å². The van der Waals surface area contributed by atoms with Crippen LogP contribution in [0.25, 0.3) is 0 Å². The monoisotopic (exact) mass is 550 g/mol. The first-order chi connectivity index (χ1) is 16.3. The number of benzene rings is 1. The molecule has 11 heteroatoms. The van der Waals surface area contributed by atoms with E-state index in [9.17, 15) is 19.1 Å². The van der Waals surface area contributed by atoms with Gasteiger partial charge in [-0.2, -0.15) is 0 Å². The van der Waals surface area contributed by atoms with E-state index >= 15 is 0 Å². The van der Waals surface area contributed by atoms with Gasteiger partial charge in [-0.3, -0.25) is 14.7 Å². The molecule has 1 aliphatic carbocycles. The number of aliphatic imine (C=N–C) groups is 1. The molecule has 1 aromatic heterocycles. The SMILES string of the molecule is COC(=O)C1=C(CN2CC3(CC3)CC2C(=O)O)NC(c2nccs2)=NC1.Fc1cccc(Br)c1. The van der Waals surface area contributed by atoms with E-state index in [0.717, 1.165) is 28.9 Å². The van der Waals surface area contributed by atoms with Crippen LogP contribution >= 0.6 is 27.3 Å². The van der Waals surface area contributed by atoms with Gasteiger partial charge in [0, 0.05) is 34.8 Å². The Balaban J connectivity index is 0.000000291. The minimum absolute atomic E-state index is 0.149. The van der Waals surface area contributed by atoms with E-state index < -0.39 is 18.0 Å². The first-order valence-electron chi connectivity index (χ1n) is 10.7. The van der Waals surface area contributed by atoms with Crippen molar-refractivity contribution in [1.82, 2.24) is 15.2 Å². The topological polar surface area (TPSA) is 104 Å². The lowest BCUT2D eigenvalue weighted by molar-refractivity contribution is -0.142. The van der Waals surface area contributed by atoms with E-state index in [0.29, 0.717) is 30.1 Å². The Morgan fingerprint density at radius 2 is 2.21 bits per heavy atom. The molecule has 2 N–H and O–H groups in total. The van der Waals surface area contributed by atoms with Crippen molar-refractivity contribution >= 4 is 45.0 Å². The number of hydrogen-bond donors (Lipinski definition) is 2. The molecule has 34 heavy (non-hydrogen) atoms. The second-order valence-corrected chi connectivity index (χ2v) is 10.3. The van der Waals surface area contributed by atoms with Gasteiger partial charge in [0.1, 0.15) is 11.9 Å². The number of carboxylic acids is 1. The summed E-state index contributed by atoms with van der Waals surface area (Å²) in [5.41, 5.74) is 1.24. The highest BCUT2D eigenvalue weighted by molar-refractivity contribution is 9.10. The summed E-state index contributed by atoms with van der Waals surface area (Å²) in [5.74, 6) is -0.852. The summed E-state index contributed by atoms with van der Waals surface area (Å²) in [6.45, 7) is 1.29. The molecule has 5 rings (SSSR count). The van der Waals surface area contributed by atoms with Crippen LogP contribution in [0.15, 0.2) is 56.6 Å². The molecule has 1 aromatic carbocycles. The zero-order valence-electron chi connectivity index (χ0n) is 18.5. The lowest BCUT2D eigenvalue weighted by Gasteiger charge is -2.27. The summed E-state index contributed by atoms with van der Waals surface area (Å²) >= 11 is 4.58. The van der Waals surface area contributed by atoms with E-state index in [-0.39, 0.29) is 17.8 Å². The Kier molecular flexibility index (Phi) is 7.44. The molecule has 2 aromatic rings. The zero-order valence-corrected chi connectivity index (χ0v) is 20.9. The molecule has 1 saturated heterocycles. The van der Waals surface area contributed by atoms with Crippen molar-refractivity contribution in [2.24, 2.45) is 10.4 Å². The fraction of sp³-hybridized carbons (Fsp3) is 0.391. The van der Waals surface area contributed by atoms with Crippen molar-refractivity contribution in [3.05, 3.63) is 62.4 Å². The molecular weight excluding hydrogens is 527 g/mol. The van der Waals surface area contributed by atoms with E-state index in [1.165, 1.54) is 30.6 Å². The van der Waals surface area contributed by atoms with Crippen molar-refractivity contribution in [2.75, 3.05) is 26.7 Å². The molecule has 180 valence electrons. The number of thiazole rings is 1. The molecule has 1 spiro atoms. The number of aliphatic carboxylic acids is 1. The molecule has 0 bridgehead atoms. The summed E-state index contributed by atoms with van der Waals surface area (Å²) in [7, 11) is 1.34. The maximum atomic E-state index is 12.2. The van der Waals surface area contributed by atoms with Crippen LogP contribution in [0.2, 0.25) is 0 Å². The first kappa shape index (κ1) is 24.5. The number of nitrogens with one attached hydrogen (secondary N) is 1. The Bertz CT molecular complexity index is 1120. The third-order valence-electron chi connectivity index (χ3n) is 6.09. The molecule has 3 aliphatic rings. The normalized spacial score (nSPS) is 20.8. The van der Waals surface area contributed by atoms with Crippen LogP contribution in [0.5, 0.6) is 0 Å². The van der Waals surface area contributed by atoms with Crippen LogP contribution in [0, 0.1) is 11.2 Å². The van der Waals surface area contributed by atoms with Gasteiger partial charge in [-0.15, -0.1) is 11.3 Å². The Morgan fingerprint density at radius 1 is 1.41 bits per heavy atom. The predicted molar refractivity (Wildman–Crippen MR) is 129 cm³/mol. The number of esters is 1. The van der Waals surface area contributed by atoms with Gasteiger partial charge in [0.15, 0.2) is 10.8 Å². The van der Waals surface area contributed by atoms with Gasteiger partial charge in [-0.25, -0.2) is 14.2 Å². The van der Waals surface area contributed by atoms with Crippen molar-refractivity contribution in [1.29, 1.82) is 0 Å². The average Bonchev–Trinajstić information content (AvgIpc) is 3.20. The number of hydrogen-bond acceptors (Lipinski definition) is 8. The van der Waals surface area contributed by atoms with Crippen molar-refractivity contribution in [3.63, 3.8) is 0 Å². The maximum absolute atomic E-state index is 12.2. The van der Waals surface area contributed by atoms with Gasteiger partial charge in [0.25, 0.3) is 0 Å². The number of rotatable bonds is 5. The predicted octanol–water partition coefficient (Wildman–Crippen LogP) is 3.45. The molecule has 1 unspecified atom stereocenters. The molecular formula is C23H24BrFN4O4S. The fourth-order valence-electron chi connectivity index (χ4n) is 4.18. The second kappa shape index (κ2) is 10.3. The Hall–Kier alpha value is -2.63. The number of carbonyl (C=O) groups excluding carboxylic acids is 1. The summed E-state index contributed by atoms with van der Waals surface area (Å²) in [6.07, 6.45) is 4.53. The number of carbonyl (C=O) groups is 2. The summed E-state index contributed by atoms with van der Waals surface area (Å²) in [5, 5.41) is 15.4. The third-order valence-corrected chi connectivity index (χ3v) is 7.36. The van der Waals surface area contributed by atoms with Crippen LogP contribution in [-0.2, 0) is 14.3 Å². The third kappa shape index (κ3) is 5.70. The molecule has 3 heterocycles. The number of carboxylic acid groups (broad SMARTS) is 1. The zero-order chi connectivity index (χ0) is 24.3. The van der Waals surface area contributed by atoms with Crippen LogP contribution < -0.4 is 5.32 Å². The number of likely N-dealkylation sites (tertiary alicyclic amines) is 1.